The minimum Gasteiger partial charge on any atom is -0.458 e. The fraction of sp³-hybridized carbons (Fsp3) is 0.286. The number of fused-ring (bicyclic) bond motifs is 7. The lowest BCUT2D eigenvalue weighted by Gasteiger charge is -2.21. The van der Waals surface area contributed by atoms with Crippen molar-refractivity contribution in [3.8, 4) is 22.5 Å². The van der Waals surface area contributed by atoms with Gasteiger partial charge in [-0.2, -0.15) is 0 Å². The van der Waals surface area contributed by atoms with Gasteiger partial charge in [-0.1, -0.05) is 38.1 Å². The van der Waals surface area contributed by atoms with Crippen LogP contribution in [0.3, 0.4) is 0 Å². The summed E-state index contributed by atoms with van der Waals surface area (Å²) in [5.74, 6) is -1.01. The number of nitrogens with zero attached hydrogens (tertiary/aromatic N) is 3. The molecule has 0 radical (unpaired) electrons. The lowest BCUT2D eigenvalue weighted by atomic mass is 9.96. The Hall–Kier alpha value is -4.97. The number of aliphatic hydroxyl groups excluding tert-OH is 1. The second-order valence-corrected chi connectivity index (χ2v) is 11.0. The van der Waals surface area contributed by atoms with Gasteiger partial charge in [0.25, 0.3) is 5.56 Å². The van der Waals surface area contributed by atoms with Gasteiger partial charge in [0.2, 0.25) is 5.91 Å². The van der Waals surface area contributed by atoms with Crippen LogP contribution >= 0.6 is 0 Å². The standard InChI is InChI=1S/C33H29N5O6.C2H6/c1-17-23-14-38-27(11-21-24(32(38)41)15-44-33(42)31(21)40)30(23)37-26-7-6-25-22(29(17)26)10-20(13-35-25)19-4-2-18(3-5-19)8-9-43-16-36-28(39)12-34;1-2/h2-7,10-11,13,31,40H,8-9,12,14-16,34H2,1H3,(H,36,39);1-2H3. The smallest absolute Gasteiger partial charge is 0.340 e. The van der Waals surface area contributed by atoms with Crippen molar-refractivity contribution < 1.29 is 24.2 Å². The Morgan fingerprint density at radius 2 is 1.85 bits per heavy atom. The fourth-order valence-corrected chi connectivity index (χ4v) is 6.04. The minimum absolute atomic E-state index is 0.0638. The molecule has 0 fully saturated rings. The maximum Gasteiger partial charge on any atom is 0.340 e. The lowest BCUT2D eigenvalue weighted by Crippen LogP contribution is -2.32. The first-order valence-electron chi connectivity index (χ1n) is 15.3. The van der Waals surface area contributed by atoms with Crippen LogP contribution in [0.15, 0.2) is 59.5 Å². The van der Waals surface area contributed by atoms with Crippen LogP contribution in [-0.4, -0.2) is 51.4 Å². The summed E-state index contributed by atoms with van der Waals surface area (Å²) in [4.78, 5) is 46.3. The number of nitrogens with one attached hydrogen (secondary N) is 1. The molecular weight excluding hydrogens is 586 g/mol. The summed E-state index contributed by atoms with van der Waals surface area (Å²) >= 11 is 0. The Bertz CT molecular complexity index is 2050. The molecular formula is C35H35N5O6. The largest absolute Gasteiger partial charge is 0.458 e. The number of carbonyl (C=O) groups excluding carboxylic acids is 2. The average molecular weight is 622 g/mol. The topological polar surface area (TPSA) is 159 Å². The van der Waals surface area contributed by atoms with Crippen molar-refractivity contribution in [1.29, 1.82) is 0 Å². The van der Waals surface area contributed by atoms with E-state index >= 15 is 0 Å². The number of amides is 1. The van der Waals surface area contributed by atoms with Crippen LogP contribution < -0.4 is 16.6 Å². The molecule has 7 rings (SSSR count). The van der Waals surface area contributed by atoms with Crippen LogP contribution in [0.4, 0.5) is 0 Å². The van der Waals surface area contributed by atoms with Gasteiger partial charge in [-0.3, -0.25) is 14.6 Å². The fourth-order valence-electron chi connectivity index (χ4n) is 6.04. The second kappa shape index (κ2) is 12.8. The highest BCUT2D eigenvalue weighted by Crippen LogP contribution is 2.39. The molecule has 0 saturated carbocycles. The zero-order valence-electron chi connectivity index (χ0n) is 25.9. The molecule has 5 heterocycles. The molecule has 1 unspecified atom stereocenters. The predicted octanol–water partition coefficient (Wildman–Crippen LogP) is 3.66. The maximum absolute atomic E-state index is 13.4. The molecule has 1 atom stereocenters. The first kappa shape index (κ1) is 31.0. The van der Waals surface area contributed by atoms with E-state index in [0.29, 0.717) is 36.5 Å². The van der Waals surface area contributed by atoms with Gasteiger partial charge in [-0.25, -0.2) is 9.78 Å². The third-order valence-electron chi connectivity index (χ3n) is 8.44. The molecule has 1 amide bonds. The van der Waals surface area contributed by atoms with Gasteiger partial charge in [0, 0.05) is 33.7 Å². The molecule has 4 N–H and O–H groups in total. The summed E-state index contributed by atoms with van der Waals surface area (Å²) in [5, 5.41) is 14.9. The molecule has 0 bridgehead atoms. The normalized spacial score (nSPS) is 14.6. The molecule has 3 aromatic heterocycles. The van der Waals surface area contributed by atoms with Gasteiger partial charge < -0.3 is 30.2 Å². The summed E-state index contributed by atoms with van der Waals surface area (Å²) < 4.78 is 12.1. The first-order valence-corrected chi connectivity index (χ1v) is 15.3. The number of pyridine rings is 3. The molecule has 0 aliphatic carbocycles. The van der Waals surface area contributed by atoms with Crippen molar-refractivity contribution in [2.45, 2.75) is 46.4 Å². The number of benzene rings is 2. The van der Waals surface area contributed by atoms with Crippen molar-refractivity contribution in [1.82, 2.24) is 19.9 Å². The molecule has 236 valence electrons. The average Bonchev–Trinajstić information content (AvgIpc) is 3.46. The minimum atomic E-state index is -1.49. The number of carbonyl (C=O) groups is 2. The summed E-state index contributed by atoms with van der Waals surface area (Å²) in [6.45, 7) is 6.75. The van der Waals surface area contributed by atoms with Gasteiger partial charge in [0.1, 0.15) is 13.3 Å². The van der Waals surface area contributed by atoms with Crippen LogP contribution in [0.1, 0.15) is 47.8 Å². The van der Waals surface area contributed by atoms with Gasteiger partial charge in [0.15, 0.2) is 6.10 Å². The molecule has 2 aromatic carbocycles. The first-order chi connectivity index (χ1) is 22.3. The van der Waals surface area contributed by atoms with E-state index in [0.717, 1.165) is 49.6 Å². The number of esters is 1. The zero-order chi connectivity index (χ0) is 32.5. The maximum atomic E-state index is 13.4. The Balaban J connectivity index is 0.00000182. The number of nitrogens with two attached hydrogens (primary N) is 1. The Labute approximate surface area is 265 Å². The van der Waals surface area contributed by atoms with Crippen LogP contribution in [-0.2, 0) is 38.6 Å². The Morgan fingerprint density at radius 1 is 1.09 bits per heavy atom. The molecule has 46 heavy (non-hydrogen) atoms. The van der Waals surface area contributed by atoms with Crippen molar-refractivity contribution in [3.63, 3.8) is 0 Å². The highest BCUT2D eigenvalue weighted by atomic mass is 16.5. The number of hydrogen-bond acceptors (Lipinski definition) is 9. The summed E-state index contributed by atoms with van der Waals surface area (Å²) in [7, 11) is 0. The van der Waals surface area contributed by atoms with E-state index < -0.39 is 12.1 Å². The van der Waals surface area contributed by atoms with E-state index in [-0.39, 0.29) is 36.9 Å². The Kier molecular flexibility index (Phi) is 8.63. The van der Waals surface area contributed by atoms with Gasteiger partial charge >= 0.3 is 5.97 Å². The van der Waals surface area contributed by atoms with Crippen LogP contribution in [0.2, 0.25) is 0 Å². The monoisotopic (exact) mass is 621 g/mol. The third-order valence-corrected chi connectivity index (χ3v) is 8.44. The van der Waals surface area contributed by atoms with Crippen LogP contribution in [0.25, 0.3) is 44.3 Å². The third kappa shape index (κ3) is 5.42. The van der Waals surface area contributed by atoms with Gasteiger partial charge in [-0.05, 0) is 54.3 Å². The Morgan fingerprint density at radius 3 is 2.61 bits per heavy atom. The number of rotatable bonds is 7. The molecule has 5 aromatic rings. The van der Waals surface area contributed by atoms with Gasteiger partial charge in [-0.15, -0.1) is 0 Å². The predicted molar refractivity (Wildman–Crippen MR) is 174 cm³/mol. The second-order valence-electron chi connectivity index (χ2n) is 11.0. The summed E-state index contributed by atoms with van der Waals surface area (Å²) in [5.41, 5.74) is 13.4. The molecule has 2 aliphatic rings. The summed E-state index contributed by atoms with van der Waals surface area (Å²) in [6.07, 6.45) is 1.07. The number of aryl methyl sites for hydroxylation is 1. The molecule has 2 aliphatic heterocycles. The van der Waals surface area contributed by atoms with E-state index in [4.69, 9.17) is 25.2 Å². The van der Waals surface area contributed by atoms with E-state index in [1.807, 2.05) is 51.2 Å². The van der Waals surface area contributed by atoms with Gasteiger partial charge in [0.05, 0.1) is 47.7 Å². The van der Waals surface area contributed by atoms with E-state index in [1.165, 1.54) is 0 Å². The van der Waals surface area contributed by atoms with Crippen LogP contribution in [0.5, 0.6) is 0 Å². The van der Waals surface area contributed by atoms with Crippen molar-refractivity contribution >= 4 is 33.7 Å². The number of ether oxygens (including phenoxy) is 2. The summed E-state index contributed by atoms with van der Waals surface area (Å²) in [6, 6.07) is 15.9. The number of cyclic esters (lactones) is 1. The lowest BCUT2D eigenvalue weighted by molar-refractivity contribution is -0.157. The van der Waals surface area contributed by atoms with E-state index in [1.54, 1.807) is 10.6 Å². The SMILES string of the molecule is CC.Cc1c2c(nc3ccc4ncc(-c5ccc(CCOCNC(=O)CN)cc5)cc4c13)-c1cc3c(c(=O)n1C2)COC(=O)C3O. The van der Waals surface area contributed by atoms with E-state index in [2.05, 4.69) is 23.5 Å². The highest BCUT2D eigenvalue weighted by Gasteiger charge is 2.34. The van der Waals surface area contributed by atoms with Crippen molar-refractivity contribution in [2.24, 2.45) is 5.73 Å². The van der Waals surface area contributed by atoms with Crippen molar-refractivity contribution in [2.75, 3.05) is 19.9 Å². The molecule has 11 heteroatoms. The zero-order valence-corrected chi connectivity index (χ0v) is 25.9. The van der Waals surface area contributed by atoms with Crippen molar-refractivity contribution in [3.05, 3.63) is 92.9 Å². The quantitative estimate of drug-likeness (QED) is 0.105. The van der Waals surface area contributed by atoms with Crippen LogP contribution in [0, 0.1) is 6.92 Å². The number of hydrogen-bond donors (Lipinski definition) is 3. The number of aromatic nitrogens is 3. The highest BCUT2D eigenvalue weighted by molar-refractivity contribution is 6.09. The molecule has 0 spiro atoms. The molecule has 11 nitrogen and oxygen atoms in total. The van der Waals surface area contributed by atoms with E-state index in [9.17, 15) is 19.5 Å². The number of aliphatic hydroxyl groups is 1. The molecule has 0 saturated heterocycles.